The highest BCUT2D eigenvalue weighted by Crippen LogP contribution is 2.42. The molecule has 2 saturated carbocycles. The molecule has 3 rings (SSSR count). The Bertz CT molecular complexity index is 317. The molecule has 2 aliphatic carbocycles. The molecule has 0 bridgehead atoms. The zero-order chi connectivity index (χ0) is 14.2. The van der Waals surface area contributed by atoms with E-state index in [4.69, 9.17) is 0 Å². The fourth-order valence-electron chi connectivity index (χ4n) is 4.71. The lowest BCUT2D eigenvalue weighted by Gasteiger charge is -2.50. The molecule has 1 aliphatic heterocycles. The van der Waals surface area contributed by atoms with Crippen molar-refractivity contribution in [2.75, 3.05) is 19.6 Å². The van der Waals surface area contributed by atoms with Crippen LogP contribution in [0.4, 0.5) is 0 Å². The highest BCUT2D eigenvalue weighted by atomic mass is 15.3. The maximum atomic E-state index is 3.97. The van der Waals surface area contributed by atoms with Crippen LogP contribution in [0.1, 0.15) is 65.7 Å². The van der Waals surface area contributed by atoms with E-state index in [0.717, 1.165) is 23.8 Å². The molecule has 1 heterocycles. The van der Waals surface area contributed by atoms with Crippen molar-refractivity contribution < 1.29 is 0 Å². The third-order valence-corrected chi connectivity index (χ3v) is 5.99. The van der Waals surface area contributed by atoms with Crippen LogP contribution in [0.2, 0.25) is 0 Å². The second kappa shape index (κ2) is 5.96. The summed E-state index contributed by atoms with van der Waals surface area (Å²) in [6, 6.07) is 0.810. The molecule has 1 N–H and O–H groups in total. The average Bonchev–Trinajstić information content (AvgIpc) is 3.24. The summed E-state index contributed by atoms with van der Waals surface area (Å²) in [5.41, 5.74) is 0.403. The van der Waals surface area contributed by atoms with E-state index in [2.05, 4.69) is 31.0 Å². The van der Waals surface area contributed by atoms with Gasteiger partial charge in [-0.1, -0.05) is 33.1 Å². The Labute approximate surface area is 125 Å². The number of piperazine rings is 1. The van der Waals surface area contributed by atoms with Crippen molar-refractivity contribution in [2.24, 2.45) is 17.8 Å². The van der Waals surface area contributed by atoms with E-state index in [1.807, 2.05) is 0 Å². The van der Waals surface area contributed by atoms with Gasteiger partial charge in [0.25, 0.3) is 0 Å². The molecular formula is C18H34N2. The Balaban J connectivity index is 1.68. The molecule has 3 fully saturated rings. The fourth-order valence-corrected chi connectivity index (χ4v) is 4.71. The fraction of sp³-hybridized carbons (Fsp3) is 1.00. The lowest BCUT2D eigenvalue weighted by molar-refractivity contribution is 0.0263. The second-order valence-electron chi connectivity index (χ2n) is 8.36. The molecule has 0 spiro atoms. The van der Waals surface area contributed by atoms with E-state index in [1.54, 1.807) is 0 Å². The first-order valence-electron chi connectivity index (χ1n) is 9.07. The van der Waals surface area contributed by atoms with Gasteiger partial charge in [0.15, 0.2) is 0 Å². The Hall–Kier alpha value is -0.0800. The van der Waals surface area contributed by atoms with Crippen molar-refractivity contribution in [3.63, 3.8) is 0 Å². The van der Waals surface area contributed by atoms with Crippen LogP contribution in [0, 0.1) is 17.8 Å². The van der Waals surface area contributed by atoms with Crippen molar-refractivity contribution in [1.29, 1.82) is 0 Å². The maximum absolute atomic E-state index is 3.97. The largest absolute Gasteiger partial charge is 0.308 e. The lowest BCUT2D eigenvalue weighted by Crippen LogP contribution is -2.66. The summed E-state index contributed by atoms with van der Waals surface area (Å²) in [5, 5.41) is 3.97. The van der Waals surface area contributed by atoms with Crippen LogP contribution in [0.5, 0.6) is 0 Å². The van der Waals surface area contributed by atoms with Crippen LogP contribution in [0.3, 0.4) is 0 Å². The summed E-state index contributed by atoms with van der Waals surface area (Å²) in [4.78, 5) is 2.87. The molecule has 2 nitrogen and oxygen atoms in total. The number of nitrogens with one attached hydrogen (secondary N) is 1. The summed E-state index contributed by atoms with van der Waals surface area (Å²) in [5.74, 6) is 2.70. The zero-order valence-corrected chi connectivity index (χ0v) is 13.8. The highest BCUT2D eigenvalue weighted by Gasteiger charge is 2.47. The highest BCUT2D eigenvalue weighted by molar-refractivity contribution is 5.05. The van der Waals surface area contributed by atoms with E-state index in [0.29, 0.717) is 5.54 Å². The zero-order valence-electron chi connectivity index (χ0n) is 13.8. The summed E-state index contributed by atoms with van der Waals surface area (Å²) < 4.78 is 0. The molecule has 1 saturated heterocycles. The number of nitrogens with zero attached hydrogens (tertiary/aromatic N) is 1. The van der Waals surface area contributed by atoms with E-state index < -0.39 is 0 Å². The molecule has 20 heavy (non-hydrogen) atoms. The minimum Gasteiger partial charge on any atom is -0.308 e. The first kappa shape index (κ1) is 14.8. The van der Waals surface area contributed by atoms with Gasteiger partial charge in [0.05, 0.1) is 0 Å². The molecule has 2 unspecified atom stereocenters. The van der Waals surface area contributed by atoms with E-state index in [-0.39, 0.29) is 0 Å². The Morgan fingerprint density at radius 3 is 2.40 bits per heavy atom. The molecule has 0 aromatic heterocycles. The molecule has 2 atom stereocenters. The van der Waals surface area contributed by atoms with Crippen molar-refractivity contribution in [2.45, 2.75) is 77.3 Å². The summed E-state index contributed by atoms with van der Waals surface area (Å²) in [7, 11) is 0. The minimum absolute atomic E-state index is 0.403. The molecule has 2 heteroatoms. The van der Waals surface area contributed by atoms with Gasteiger partial charge < -0.3 is 5.32 Å². The van der Waals surface area contributed by atoms with Gasteiger partial charge in [0.1, 0.15) is 0 Å². The van der Waals surface area contributed by atoms with Gasteiger partial charge in [-0.2, -0.15) is 0 Å². The topological polar surface area (TPSA) is 15.3 Å². The van der Waals surface area contributed by atoms with Gasteiger partial charge in [-0.25, -0.2) is 0 Å². The van der Waals surface area contributed by atoms with Crippen LogP contribution in [0.25, 0.3) is 0 Å². The quantitative estimate of drug-likeness (QED) is 0.844. The average molecular weight is 278 g/mol. The van der Waals surface area contributed by atoms with Crippen LogP contribution < -0.4 is 5.32 Å². The number of rotatable bonds is 4. The predicted molar refractivity (Wildman–Crippen MR) is 85.9 cm³/mol. The van der Waals surface area contributed by atoms with Crippen LogP contribution in [-0.2, 0) is 0 Å². The molecule has 3 aliphatic rings. The van der Waals surface area contributed by atoms with Gasteiger partial charge in [0.2, 0.25) is 0 Å². The minimum atomic E-state index is 0.403. The van der Waals surface area contributed by atoms with E-state index >= 15 is 0 Å². The van der Waals surface area contributed by atoms with Gasteiger partial charge in [-0.15, -0.1) is 0 Å². The second-order valence-corrected chi connectivity index (χ2v) is 8.36. The van der Waals surface area contributed by atoms with Gasteiger partial charge >= 0.3 is 0 Å². The van der Waals surface area contributed by atoms with Crippen LogP contribution in [-0.4, -0.2) is 36.1 Å². The molecule has 0 aromatic rings. The molecule has 0 amide bonds. The summed E-state index contributed by atoms with van der Waals surface area (Å²) in [6.45, 7) is 11.1. The predicted octanol–water partition coefficient (Wildman–Crippen LogP) is 3.67. The van der Waals surface area contributed by atoms with Crippen molar-refractivity contribution in [3.8, 4) is 0 Å². The Kier molecular flexibility index (Phi) is 4.42. The Morgan fingerprint density at radius 2 is 1.80 bits per heavy atom. The molecule has 116 valence electrons. The molecule has 0 aromatic carbocycles. The Morgan fingerprint density at radius 1 is 1.10 bits per heavy atom. The number of hydrogen-bond donors (Lipinski definition) is 1. The number of hydrogen-bond acceptors (Lipinski definition) is 2. The first-order valence-corrected chi connectivity index (χ1v) is 9.07. The molecule has 0 radical (unpaired) electrons. The maximum Gasteiger partial charge on any atom is 0.0309 e. The summed E-state index contributed by atoms with van der Waals surface area (Å²) in [6.07, 6.45) is 10.3. The molecular weight excluding hydrogens is 244 g/mol. The van der Waals surface area contributed by atoms with Crippen molar-refractivity contribution in [1.82, 2.24) is 10.2 Å². The van der Waals surface area contributed by atoms with Gasteiger partial charge in [0, 0.05) is 31.2 Å². The van der Waals surface area contributed by atoms with Crippen LogP contribution >= 0.6 is 0 Å². The normalized spacial score (nSPS) is 37.5. The van der Waals surface area contributed by atoms with E-state index in [9.17, 15) is 0 Å². The van der Waals surface area contributed by atoms with Crippen LogP contribution in [0.15, 0.2) is 0 Å². The summed E-state index contributed by atoms with van der Waals surface area (Å²) >= 11 is 0. The van der Waals surface area contributed by atoms with Crippen molar-refractivity contribution in [3.05, 3.63) is 0 Å². The smallest absolute Gasteiger partial charge is 0.0309 e. The van der Waals surface area contributed by atoms with Gasteiger partial charge in [-0.05, 0) is 50.4 Å². The monoisotopic (exact) mass is 278 g/mol. The third kappa shape index (κ3) is 3.22. The third-order valence-electron chi connectivity index (χ3n) is 5.99. The first-order chi connectivity index (χ1) is 9.58. The van der Waals surface area contributed by atoms with Crippen molar-refractivity contribution >= 4 is 0 Å². The van der Waals surface area contributed by atoms with E-state index in [1.165, 1.54) is 64.6 Å². The van der Waals surface area contributed by atoms with Gasteiger partial charge in [-0.3, -0.25) is 4.90 Å². The SMILES string of the molecule is CC(C)CN1CC(C)(C2CC2)NCC1C1CCCCC1. The lowest BCUT2D eigenvalue weighted by atomic mass is 9.80. The standard InChI is InChI=1S/C18H34N2/c1-14(2)12-20-13-18(3,16-9-10-16)19-11-17(20)15-7-5-4-6-8-15/h14-17,19H,4-13H2,1-3H3.